The Labute approximate surface area is 69.2 Å². The molecule has 0 rings (SSSR count). The zero-order chi connectivity index (χ0) is 7.70. The predicted molar refractivity (Wildman–Crippen MR) is 47.3 cm³/mol. The lowest BCUT2D eigenvalue weighted by molar-refractivity contribution is 0.216. The summed E-state index contributed by atoms with van der Waals surface area (Å²) in [6.45, 7) is 4.88. The van der Waals surface area contributed by atoms with Gasteiger partial charge < -0.3 is 16.6 Å². The van der Waals surface area contributed by atoms with Gasteiger partial charge in [0.25, 0.3) is 0 Å². The van der Waals surface area contributed by atoms with Gasteiger partial charge in [-0.05, 0) is 33.4 Å². The number of aliphatic hydroxyl groups is 1. The van der Waals surface area contributed by atoms with Crippen LogP contribution in [-0.2, 0) is 0 Å². The highest BCUT2D eigenvalue weighted by Gasteiger charge is 1.69. The molecule has 0 spiro atoms. The van der Waals surface area contributed by atoms with Gasteiger partial charge in [0.05, 0.1) is 0 Å². The van der Waals surface area contributed by atoms with Gasteiger partial charge >= 0.3 is 0 Å². The van der Waals surface area contributed by atoms with Crippen molar-refractivity contribution in [2.75, 3.05) is 13.1 Å². The van der Waals surface area contributed by atoms with Crippen LogP contribution in [0, 0.1) is 0 Å². The number of hydrogen-bond acceptors (Lipinski definition) is 3. The molecule has 4 heteroatoms. The average Bonchev–Trinajstić information content (AvgIpc) is 1.66. The molecule has 0 heterocycles. The largest absolute Gasteiger partial charge is 0.394 e. The lowest BCUT2D eigenvalue weighted by atomic mass is 10.4. The van der Waals surface area contributed by atoms with E-state index >= 15 is 0 Å². The third-order valence-corrected chi connectivity index (χ3v) is 0.408. The molecule has 0 aliphatic heterocycles. The first-order chi connectivity index (χ1) is 4.15. The highest BCUT2D eigenvalue weighted by molar-refractivity contribution is 5.85. The van der Waals surface area contributed by atoms with Crippen molar-refractivity contribution in [3.63, 3.8) is 0 Å². The summed E-state index contributed by atoms with van der Waals surface area (Å²) < 4.78 is 0. The first kappa shape index (κ1) is 16.6. The van der Waals surface area contributed by atoms with E-state index in [2.05, 4.69) is 0 Å². The summed E-state index contributed by atoms with van der Waals surface area (Å²) in [5.41, 5.74) is 10.1. The summed E-state index contributed by atoms with van der Waals surface area (Å²) >= 11 is 0. The van der Waals surface area contributed by atoms with Crippen molar-refractivity contribution in [1.29, 1.82) is 0 Å². The fraction of sp³-hybridized carbons (Fsp3) is 1.00. The number of nitrogens with two attached hydrogens (primary N) is 2. The second kappa shape index (κ2) is 16.1. The summed E-state index contributed by atoms with van der Waals surface area (Å²) in [6.07, 6.45) is 0.778. The molecular formula is C6H19ClN2O. The van der Waals surface area contributed by atoms with Crippen molar-refractivity contribution in [3.8, 4) is 0 Å². The van der Waals surface area contributed by atoms with Gasteiger partial charge in [-0.1, -0.05) is 0 Å². The summed E-state index contributed by atoms with van der Waals surface area (Å²) in [4.78, 5) is 0. The first-order valence-electron chi connectivity index (χ1n) is 3.23. The fourth-order valence-electron chi connectivity index (χ4n) is 0.118. The highest BCUT2D eigenvalue weighted by atomic mass is 35.5. The van der Waals surface area contributed by atoms with E-state index in [1.165, 1.54) is 0 Å². The third kappa shape index (κ3) is 89.2. The Morgan fingerprint density at radius 1 is 1.20 bits per heavy atom. The Bertz CT molecular complexity index is 40.0. The average molecular weight is 171 g/mol. The van der Waals surface area contributed by atoms with E-state index in [0.29, 0.717) is 0 Å². The standard InChI is InChI=1S/C3H10N2.C3H8O.ClH/c4-2-1-3-5;1-3(2)4;/h1-5H2;3-4H,1-2H3;1H. The van der Waals surface area contributed by atoms with E-state index in [0.717, 1.165) is 19.5 Å². The van der Waals surface area contributed by atoms with Crippen LogP contribution in [0.1, 0.15) is 20.3 Å². The number of hydrogen-bond donors (Lipinski definition) is 3. The van der Waals surface area contributed by atoms with E-state index < -0.39 is 0 Å². The summed E-state index contributed by atoms with van der Waals surface area (Å²) in [5.74, 6) is 0. The molecule has 0 radical (unpaired) electrons. The van der Waals surface area contributed by atoms with Gasteiger partial charge in [-0.3, -0.25) is 0 Å². The van der Waals surface area contributed by atoms with Crippen molar-refractivity contribution in [2.45, 2.75) is 26.4 Å². The van der Waals surface area contributed by atoms with Gasteiger partial charge in [-0.25, -0.2) is 0 Å². The lowest BCUT2D eigenvalue weighted by Gasteiger charge is -1.81. The summed E-state index contributed by atoms with van der Waals surface area (Å²) in [5, 5.41) is 8.06. The van der Waals surface area contributed by atoms with Crippen LogP contribution in [0.4, 0.5) is 0 Å². The highest BCUT2D eigenvalue weighted by Crippen LogP contribution is 1.65. The Hall–Kier alpha value is 0.170. The lowest BCUT2D eigenvalue weighted by Crippen LogP contribution is -2.06. The normalized spacial score (nSPS) is 7.80. The van der Waals surface area contributed by atoms with Crippen molar-refractivity contribution in [1.82, 2.24) is 0 Å². The second-order valence-electron chi connectivity index (χ2n) is 2.02. The smallest absolute Gasteiger partial charge is 0.0483 e. The SMILES string of the molecule is CC(C)O.Cl.NCCCN. The molecule has 0 aromatic rings. The topological polar surface area (TPSA) is 72.3 Å². The van der Waals surface area contributed by atoms with Crippen LogP contribution in [-0.4, -0.2) is 24.3 Å². The van der Waals surface area contributed by atoms with Crippen LogP contribution in [0.5, 0.6) is 0 Å². The molecule has 0 amide bonds. The van der Waals surface area contributed by atoms with E-state index in [-0.39, 0.29) is 18.5 Å². The molecule has 5 N–H and O–H groups in total. The molecular weight excluding hydrogens is 152 g/mol. The van der Waals surface area contributed by atoms with Crippen molar-refractivity contribution in [2.24, 2.45) is 11.5 Å². The van der Waals surface area contributed by atoms with Crippen LogP contribution in [0.2, 0.25) is 0 Å². The van der Waals surface area contributed by atoms with Gasteiger partial charge in [0, 0.05) is 6.10 Å². The number of aliphatic hydroxyl groups excluding tert-OH is 1. The molecule has 0 saturated heterocycles. The summed E-state index contributed by atoms with van der Waals surface area (Å²) in [6, 6.07) is 0. The summed E-state index contributed by atoms with van der Waals surface area (Å²) in [7, 11) is 0. The van der Waals surface area contributed by atoms with E-state index in [1.54, 1.807) is 13.8 Å². The number of halogens is 1. The van der Waals surface area contributed by atoms with Crippen molar-refractivity contribution in [3.05, 3.63) is 0 Å². The maximum absolute atomic E-state index is 8.06. The van der Waals surface area contributed by atoms with Gasteiger partial charge in [-0.2, -0.15) is 0 Å². The van der Waals surface area contributed by atoms with Crippen LogP contribution in [0.3, 0.4) is 0 Å². The minimum atomic E-state index is -0.167. The van der Waals surface area contributed by atoms with Gasteiger partial charge in [0.2, 0.25) is 0 Å². The van der Waals surface area contributed by atoms with E-state index in [4.69, 9.17) is 16.6 Å². The number of rotatable bonds is 2. The Morgan fingerprint density at radius 2 is 1.40 bits per heavy atom. The Morgan fingerprint density at radius 3 is 1.40 bits per heavy atom. The van der Waals surface area contributed by atoms with E-state index in [1.807, 2.05) is 0 Å². The first-order valence-corrected chi connectivity index (χ1v) is 3.23. The molecule has 0 aromatic carbocycles. The molecule has 0 bridgehead atoms. The molecule has 0 aromatic heterocycles. The van der Waals surface area contributed by atoms with Gasteiger partial charge in [0.1, 0.15) is 0 Å². The quantitative estimate of drug-likeness (QED) is 0.551. The fourth-order valence-corrected chi connectivity index (χ4v) is 0.118. The van der Waals surface area contributed by atoms with Crippen LogP contribution in [0.15, 0.2) is 0 Å². The van der Waals surface area contributed by atoms with Crippen LogP contribution < -0.4 is 11.5 Å². The minimum absolute atomic E-state index is 0. The second-order valence-corrected chi connectivity index (χ2v) is 2.02. The van der Waals surface area contributed by atoms with Crippen molar-refractivity contribution >= 4 is 12.4 Å². The molecule has 0 aliphatic rings. The molecule has 10 heavy (non-hydrogen) atoms. The maximum atomic E-state index is 8.06. The molecule has 3 nitrogen and oxygen atoms in total. The van der Waals surface area contributed by atoms with Gasteiger partial charge in [-0.15, -0.1) is 12.4 Å². The van der Waals surface area contributed by atoms with E-state index in [9.17, 15) is 0 Å². The maximum Gasteiger partial charge on any atom is 0.0483 e. The Kier molecular flexibility index (Phi) is 26.7. The van der Waals surface area contributed by atoms with Crippen molar-refractivity contribution < 1.29 is 5.11 Å². The molecule has 66 valence electrons. The minimum Gasteiger partial charge on any atom is -0.394 e. The zero-order valence-corrected chi connectivity index (χ0v) is 7.53. The van der Waals surface area contributed by atoms with Crippen LogP contribution in [0.25, 0.3) is 0 Å². The Balaban J connectivity index is -0.0000000910. The molecule has 0 unspecified atom stereocenters. The molecule has 0 saturated carbocycles. The molecule has 0 aliphatic carbocycles. The predicted octanol–water partition coefficient (Wildman–Crippen LogP) is 0.103. The third-order valence-electron chi connectivity index (χ3n) is 0.408. The van der Waals surface area contributed by atoms with Gasteiger partial charge in [0.15, 0.2) is 0 Å². The molecule has 0 fully saturated rings. The molecule has 0 atom stereocenters. The van der Waals surface area contributed by atoms with Crippen LogP contribution >= 0.6 is 12.4 Å². The monoisotopic (exact) mass is 170 g/mol. The zero-order valence-electron chi connectivity index (χ0n) is 6.71.